The van der Waals surface area contributed by atoms with Crippen molar-refractivity contribution < 1.29 is 19.4 Å². The van der Waals surface area contributed by atoms with Crippen molar-refractivity contribution in [2.24, 2.45) is 0 Å². The smallest absolute Gasteiger partial charge is 0.364 e. The zero-order valence-electron chi connectivity index (χ0n) is 8.98. The van der Waals surface area contributed by atoms with Crippen molar-refractivity contribution in [1.29, 1.82) is 0 Å². The normalized spacial score (nSPS) is 9.78. The summed E-state index contributed by atoms with van der Waals surface area (Å²) in [5.74, 6) is -1.82. The Morgan fingerprint density at radius 3 is 2.56 bits per heavy atom. The van der Waals surface area contributed by atoms with E-state index in [2.05, 4.69) is 15.0 Å². The van der Waals surface area contributed by atoms with Gasteiger partial charge in [0.25, 0.3) is 0 Å². The molecule has 2 heterocycles. The molecule has 0 amide bonds. The molecule has 0 fully saturated rings. The Kier molecular flexibility index (Phi) is 3.24. The summed E-state index contributed by atoms with van der Waals surface area (Å²) in [6.45, 7) is 0. The Labute approximate surface area is 101 Å². The first kappa shape index (κ1) is 11.6. The van der Waals surface area contributed by atoms with Gasteiger partial charge in [-0.25, -0.2) is 14.6 Å². The molecule has 2 rings (SSSR count). The van der Waals surface area contributed by atoms with Gasteiger partial charge in [0.05, 0.1) is 18.6 Å². The van der Waals surface area contributed by atoms with Gasteiger partial charge in [-0.2, -0.15) is 0 Å². The fourth-order valence-electron chi connectivity index (χ4n) is 1.13. The van der Waals surface area contributed by atoms with Crippen LogP contribution in [0.3, 0.4) is 0 Å². The third-order valence-corrected chi connectivity index (χ3v) is 1.91. The van der Waals surface area contributed by atoms with Crippen LogP contribution in [0, 0.1) is 0 Å². The molecule has 90 valence electrons. The first-order chi connectivity index (χ1) is 8.66. The van der Waals surface area contributed by atoms with E-state index < -0.39 is 11.9 Å². The van der Waals surface area contributed by atoms with Crippen LogP contribution in [0.25, 0.3) is 0 Å². The lowest BCUT2D eigenvalue weighted by Crippen LogP contribution is -2.13. The molecule has 0 saturated heterocycles. The average Bonchev–Trinajstić information content (AvgIpc) is 2.40. The summed E-state index contributed by atoms with van der Waals surface area (Å²) in [5, 5.41) is 8.72. The Morgan fingerprint density at radius 1 is 1.11 bits per heavy atom. The molecule has 2 aromatic rings. The van der Waals surface area contributed by atoms with E-state index in [9.17, 15) is 9.59 Å². The van der Waals surface area contributed by atoms with Gasteiger partial charge in [-0.05, 0) is 12.1 Å². The van der Waals surface area contributed by atoms with Crippen LogP contribution < -0.4 is 4.74 Å². The molecule has 0 spiro atoms. The molecule has 1 N–H and O–H groups in total. The Morgan fingerprint density at radius 2 is 1.89 bits per heavy atom. The summed E-state index contributed by atoms with van der Waals surface area (Å²) in [4.78, 5) is 33.3. The number of hydrogen-bond donors (Lipinski definition) is 1. The Balaban J connectivity index is 2.19. The molecule has 0 aromatic carbocycles. The molecule has 0 bridgehead atoms. The van der Waals surface area contributed by atoms with Crippen LogP contribution in [0.4, 0.5) is 0 Å². The van der Waals surface area contributed by atoms with Crippen LogP contribution in [0.15, 0.2) is 36.9 Å². The minimum absolute atomic E-state index is 0.182. The SMILES string of the molecule is O=C(O)c1cncc(C(=O)Oc2cccnc2)n1. The zero-order chi connectivity index (χ0) is 13.0. The average molecular weight is 245 g/mol. The summed E-state index contributed by atoms with van der Waals surface area (Å²) in [5.41, 5.74) is -0.505. The minimum Gasteiger partial charge on any atom is -0.476 e. The molecular formula is C11H7N3O4. The number of aromatic nitrogens is 3. The van der Waals surface area contributed by atoms with Gasteiger partial charge >= 0.3 is 11.9 Å². The summed E-state index contributed by atoms with van der Waals surface area (Å²) in [6.07, 6.45) is 5.06. The van der Waals surface area contributed by atoms with Crippen molar-refractivity contribution in [1.82, 2.24) is 15.0 Å². The summed E-state index contributed by atoms with van der Waals surface area (Å²) < 4.78 is 4.94. The van der Waals surface area contributed by atoms with Gasteiger partial charge in [0, 0.05) is 6.20 Å². The molecule has 18 heavy (non-hydrogen) atoms. The van der Waals surface area contributed by atoms with Crippen molar-refractivity contribution >= 4 is 11.9 Å². The highest BCUT2D eigenvalue weighted by atomic mass is 16.5. The van der Waals surface area contributed by atoms with E-state index in [1.54, 1.807) is 12.1 Å². The monoisotopic (exact) mass is 245 g/mol. The van der Waals surface area contributed by atoms with Crippen LogP contribution >= 0.6 is 0 Å². The van der Waals surface area contributed by atoms with Crippen LogP contribution in [-0.2, 0) is 0 Å². The molecule has 0 aliphatic heterocycles. The number of carboxylic acids is 1. The van der Waals surface area contributed by atoms with E-state index in [-0.39, 0.29) is 17.1 Å². The lowest BCUT2D eigenvalue weighted by molar-refractivity contribution is 0.0689. The second-order valence-corrected chi connectivity index (χ2v) is 3.17. The molecule has 7 heteroatoms. The molecule has 2 aromatic heterocycles. The summed E-state index contributed by atoms with van der Waals surface area (Å²) in [7, 11) is 0. The maximum absolute atomic E-state index is 11.6. The number of hydrogen-bond acceptors (Lipinski definition) is 6. The first-order valence-electron chi connectivity index (χ1n) is 4.84. The van der Waals surface area contributed by atoms with Gasteiger partial charge in [-0.15, -0.1) is 0 Å². The lowest BCUT2D eigenvalue weighted by Gasteiger charge is -2.02. The number of esters is 1. The predicted molar refractivity (Wildman–Crippen MR) is 58.2 cm³/mol. The van der Waals surface area contributed by atoms with Crippen LogP contribution in [0.5, 0.6) is 5.75 Å². The lowest BCUT2D eigenvalue weighted by atomic mass is 10.4. The van der Waals surface area contributed by atoms with Crippen LogP contribution in [0.2, 0.25) is 0 Å². The Hall–Kier alpha value is -2.83. The number of carbonyl (C=O) groups excluding carboxylic acids is 1. The number of aromatic carboxylic acids is 1. The molecule has 0 saturated carbocycles. The quantitative estimate of drug-likeness (QED) is 0.797. The van der Waals surface area contributed by atoms with Crippen molar-refractivity contribution in [3.63, 3.8) is 0 Å². The van der Waals surface area contributed by atoms with E-state index in [1.807, 2.05) is 0 Å². The van der Waals surface area contributed by atoms with E-state index in [0.29, 0.717) is 0 Å². The van der Waals surface area contributed by atoms with Gasteiger partial charge in [-0.1, -0.05) is 0 Å². The van der Waals surface area contributed by atoms with Crippen molar-refractivity contribution in [3.8, 4) is 5.75 Å². The van der Waals surface area contributed by atoms with Gasteiger partial charge in [0.1, 0.15) is 5.75 Å². The topological polar surface area (TPSA) is 102 Å². The minimum atomic E-state index is -1.27. The van der Waals surface area contributed by atoms with E-state index in [1.165, 1.54) is 12.4 Å². The molecule has 0 aliphatic carbocycles. The molecular weight excluding hydrogens is 238 g/mol. The number of pyridine rings is 1. The molecule has 0 radical (unpaired) electrons. The number of carboxylic acid groups (broad SMARTS) is 1. The van der Waals surface area contributed by atoms with Crippen molar-refractivity contribution in [2.75, 3.05) is 0 Å². The zero-order valence-corrected chi connectivity index (χ0v) is 8.98. The van der Waals surface area contributed by atoms with Gasteiger partial charge in [-0.3, -0.25) is 9.97 Å². The number of rotatable bonds is 3. The summed E-state index contributed by atoms with van der Waals surface area (Å²) in [6, 6.07) is 3.14. The third-order valence-electron chi connectivity index (χ3n) is 1.91. The predicted octanol–water partition coefficient (Wildman–Crippen LogP) is 0.789. The van der Waals surface area contributed by atoms with Crippen molar-refractivity contribution in [3.05, 3.63) is 48.3 Å². The highest BCUT2D eigenvalue weighted by Crippen LogP contribution is 2.09. The third kappa shape index (κ3) is 2.64. The van der Waals surface area contributed by atoms with Gasteiger partial charge in [0.15, 0.2) is 11.4 Å². The maximum Gasteiger partial charge on any atom is 0.364 e. The standard InChI is InChI=1S/C11H7N3O4/c15-10(16)8-5-13-6-9(14-8)11(17)18-7-2-1-3-12-4-7/h1-6H,(H,15,16). The molecule has 7 nitrogen and oxygen atoms in total. The maximum atomic E-state index is 11.6. The highest BCUT2D eigenvalue weighted by Gasteiger charge is 2.14. The van der Waals surface area contributed by atoms with E-state index >= 15 is 0 Å². The molecule has 0 aliphatic rings. The van der Waals surface area contributed by atoms with Crippen LogP contribution in [-0.4, -0.2) is 32.0 Å². The fourth-order valence-corrected chi connectivity index (χ4v) is 1.13. The number of ether oxygens (including phenoxy) is 1. The second-order valence-electron chi connectivity index (χ2n) is 3.17. The van der Waals surface area contributed by atoms with Crippen LogP contribution in [0.1, 0.15) is 21.0 Å². The van der Waals surface area contributed by atoms with E-state index in [4.69, 9.17) is 9.84 Å². The largest absolute Gasteiger partial charge is 0.476 e. The fraction of sp³-hybridized carbons (Fsp3) is 0. The van der Waals surface area contributed by atoms with Gasteiger partial charge in [0.2, 0.25) is 0 Å². The molecule has 0 atom stereocenters. The van der Waals surface area contributed by atoms with E-state index in [0.717, 1.165) is 12.4 Å². The molecule has 0 unspecified atom stereocenters. The Bertz CT molecular complexity index is 586. The summed E-state index contributed by atoms with van der Waals surface area (Å²) >= 11 is 0. The number of nitrogens with zero attached hydrogens (tertiary/aromatic N) is 3. The number of carbonyl (C=O) groups is 2. The first-order valence-corrected chi connectivity index (χ1v) is 4.84. The van der Waals surface area contributed by atoms with Gasteiger partial charge < -0.3 is 9.84 Å². The second kappa shape index (κ2) is 5.00. The van der Waals surface area contributed by atoms with Crippen molar-refractivity contribution in [2.45, 2.75) is 0 Å². The highest BCUT2D eigenvalue weighted by molar-refractivity contribution is 5.91.